The maximum atomic E-state index is 12.2. The van der Waals surface area contributed by atoms with Crippen molar-refractivity contribution in [2.75, 3.05) is 6.61 Å². The third kappa shape index (κ3) is 6.65. The Labute approximate surface area is 159 Å². The van der Waals surface area contributed by atoms with Crippen molar-refractivity contribution in [2.45, 2.75) is 40.3 Å². The fourth-order valence-corrected chi connectivity index (χ4v) is 2.78. The summed E-state index contributed by atoms with van der Waals surface area (Å²) in [6, 6.07) is 6.02. The number of carbonyl (C=O) groups excluding carboxylic acids is 1. The Hall–Kier alpha value is -1.63. The van der Waals surface area contributed by atoms with Crippen LogP contribution in [-0.4, -0.2) is 17.5 Å². The second-order valence-corrected chi connectivity index (χ2v) is 7.10. The Bertz CT molecular complexity index is 689. The highest BCUT2D eigenvalue weighted by Gasteiger charge is 2.12. The smallest absolute Gasteiger partial charge is 0.271 e. The van der Waals surface area contributed by atoms with Crippen molar-refractivity contribution in [3.8, 4) is 5.75 Å². The molecule has 1 aromatic heterocycles. The number of nitrogens with zero attached hydrogens (tertiary/aromatic N) is 1. The number of halogens is 1. The van der Waals surface area contributed by atoms with Crippen LogP contribution in [0.3, 0.4) is 0 Å². The monoisotopic (exact) mass is 383 g/mol. The van der Waals surface area contributed by atoms with Crippen molar-refractivity contribution in [3.05, 3.63) is 45.4 Å². The number of aromatic nitrogens is 1. The zero-order chi connectivity index (χ0) is 17.5. The summed E-state index contributed by atoms with van der Waals surface area (Å²) in [6.45, 7) is 7.80. The molecule has 0 saturated carbocycles. The van der Waals surface area contributed by atoms with Gasteiger partial charge in [0.05, 0.1) is 6.61 Å². The van der Waals surface area contributed by atoms with Crippen molar-refractivity contribution in [3.63, 3.8) is 0 Å². The maximum Gasteiger partial charge on any atom is 0.271 e. The van der Waals surface area contributed by atoms with Gasteiger partial charge in [0.25, 0.3) is 5.91 Å². The predicted molar refractivity (Wildman–Crippen MR) is 105 cm³/mol. The molecule has 0 aliphatic rings. The van der Waals surface area contributed by atoms with Gasteiger partial charge in [-0.1, -0.05) is 26.0 Å². The molecule has 1 amide bonds. The fraction of sp³-hybridized carbons (Fsp3) is 0.444. The summed E-state index contributed by atoms with van der Waals surface area (Å²) < 4.78 is 5.91. The standard InChI is InChI=1S/C18H25N3O2S.ClH/c1-12(2)6-7-23-16-8-13(3)4-5-14(16)10-20-18(22)15-11-24-17(9-19)21-15;/h4-5,8,11-12H,6-7,9-10,19H2,1-3H3,(H,20,22);1H. The molecule has 7 heteroatoms. The van der Waals surface area contributed by atoms with Crippen LogP contribution in [0, 0.1) is 12.8 Å². The van der Waals surface area contributed by atoms with Gasteiger partial charge < -0.3 is 15.8 Å². The number of hydrogen-bond donors (Lipinski definition) is 2. The van der Waals surface area contributed by atoms with Gasteiger partial charge in [-0.25, -0.2) is 4.98 Å². The lowest BCUT2D eigenvalue weighted by Gasteiger charge is -2.14. The quantitative estimate of drug-likeness (QED) is 0.728. The van der Waals surface area contributed by atoms with Crippen LogP contribution in [0.4, 0.5) is 0 Å². The van der Waals surface area contributed by atoms with E-state index in [1.807, 2.05) is 25.1 Å². The van der Waals surface area contributed by atoms with Crippen LogP contribution in [0.1, 0.15) is 46.9 Å². The Morgan fingerprint density at radius 3 is 2.80 bits per heavy atom. The largest absolute Gasteiger partial charge is 0.493 e. The SMILES string of the molecule is Cc1ccc(CNC(=O)c2csc(CN)n2)c(OCCC(C)C)c1.Cl. The average Bonchev–Trinajstić information content (AvgIpc) is 3.02. The van der Waals surface area contributed by atoms with Gasteiger partial charge in [0.2, 0.25) is 0 Å². The molecule has 0 bridgehead atoms. The zero-order valence-corrected chi connectivity index (χ0v) is 16.5. The van der Waals surface area contributed by atoms with Gasteiger partial charge in [0.1, 0.15) is 16.5 Å². The lowest BCUT2D eigenvalue weighted by Crippen LogP contribution is -2.23. The van der Waals surface area contributed by atoms with E-state index < -0.39 is 0 Å². The van der Waals surface area contributed by atoms with Crippen LogP contribution in [0.5, 0.6) is 5.75 Å². The molecule has 0 atom stereocenters. The molecule has 0 radical (unpaired) electrons. The van der Waals surface area contributed by atoms with Gasteiger partial charge in [-0.3, -0.25) is 4.79 Å². The minimum Gasteiger partial charge on any atom is -0.493 e. The summed E-state index contributed by atoms with van der Waals surface area (Å²) in [5.41, 5.74) is 8.04. The summed E-state index contributed by atoms with van der Waals surface area (Å²) in [7, 11) is 0. The van der Waals surface area contributed by atoms with Crippen molar-refractivity contribution >= 4 is 29.7 Å². The van der Waals surface area contributed by atoms with Crippen molar-refractivity contribution in [1.82, 2.24) is 10.3 Å². The molecule has 0 aliphatic carbocycles. The van der Waals surface area contributed by atoms with Gasteiger partial charge in [0, 0.05) is 24.0 Å². The van der Waals surface area contributed by atoms with Crippen molar-refractivity contribution in [1.29, 1.82) is 0 Å². The molecule has 0 aliphatic heterocycles. The van der Waals surface area contributed by atoms with E-state index in [4.69, 9.17) is 10.5 Å². The molecule has 2 aromatic rings. The lowest BCUT2D eigenvalue weighted by molar-refractivity contribution is 0.0946. The van der Waals surface area contributed by atoms with Gasteiger partial charge in [-0.05, 0) is 30.9 Å². The number of aryl methyl sites for hydroxylation is 1. The zero-order valence-electron chi connectivity index (χ0n) is 14.9. The number of amides is 1. The molecule has 2 rings (SSSR count). The van der Waals surface area contributed by atoms with Gasteiger partial charge >= 0.3 is 0 Å². The summed E-state index contributed by atoms with van der Waals surface area (Å²) in [6.07, 6.45) is 1.00. The van der Waals surface area contributed by atoms with Crippen LogP contribution in [-0.2, 0) is 13.1 Å². The summed E-state index contributed by atoms with van der Waals surface area (Å²) in [4.78, 5) is 16.4. The van der Waals surface area contributed by atoms with Crippen molar-refractivity contribution < 1.29 is 9.53 Å². The van der Waals surface area contributed by atoms with Gasteiger partial charge in [0.15, 0.2) is 0 Å². The molecule has 5 nitrogen and oxygen atoms in total. The highest BCUT2D eigenvalue weighted by molar-refractivity contribution is 7.09. The van der Waals surface area contributed by atoms with E-state index >= 15 is 0 Å². The van der Waals surface area contributed by atoms with Crippen LogP contribution in [0.15, 0.2) is 23.6 Å². The van der Waals surface area contributed by atoms with E-state index in [0.717, 1.165) is 28.3 Å². The minimum absolute atomic E-state index is 0. The third-order valence-corrected chi connectivity index (χ3v) is 4.44. The molecular formula is C18H26ClN3O2S. The Morgan fingerprint density at radius 1 is 1.40 bits per heavy atom. The number of thiazole rings is 1. The third-order valence-electron chi connectivity index (χ3n) is 3.57. The first kappa shape index (κ1) is 21.4. The van der Waals surface area contributed by atoms with E-state index in [1.54, 1.807) is 5.38 Å². The Balaban J connectivity index is 0.00000312. The molecule has 1 aromatic carbocycles. The summed E-state index contributed by atoms with van der Waals surface area (Å²) in [5.74, 6) is 1.23. The second kappa shape index (κ2) is 10.4. The Morgan fingerprint density at radius 2 is 2.16 bits per heavy atom. The molecular weight excluding hydrogens is 358 g/mol. The first-order chi connectivity index (χ1) is 11.5. The number of benzene rings is 1. The molecule has 138 valence electrons. The van der Waals surface area contributed by atoms with Crippen LogP contribution < -0.4 is 15.8 Å². The number of rotatable bonds is 8. The van der Waals surface area contributed by atoms with E-state index in [9.17, 15) is 4.79 Å². The van der Waals surface area contributed by atoms with Gasteiger partial charge in [-0.15, -0.1) is 23.7 Å². The highest BCUT2D eigenvalue weighted by Crippen LogP contribution is 2.21. The topological polar surface area (TPSA) is 77.2 Å². The molecule has 25 heavy (non-hydrogen) atoms. The normalized spacial score (nSPS) is 10.4. The first-order valence-electron chi connectivity index (χ1n) is 8.14. The molecule has 0 spiro atoms. The number of carbonyl (C=O) groups is 1. The molecule has 0 unspecified atom stereocenters. The lowest BCUT2D eigenvalue weighted by atomic mass is 10.1. The van der Waals surface area contributed by atoms with E-state index in [-0.39, 0.29) is 18.3 Å². The highest BCUT2D eigenvalue weighted by atomic mass is 35.5. The predicted octanol–water partition coefficient (Wildman–Crippen LogP) is 3.69. The molecule has 3 N–H and O–H groups in total. The average molecular weight is 384 g/mol. The number of ether oxygens (including phenoxy) is 1. The molecule has 0 saturated heterocycles. The Kier molecular flexibility index (Phi) is 8.89. The van der Waals surface area contributed by atoms with E-state index in [0.29, 0.717) is 31.3 Å². The van der Waals surface area contributed by atoms with E-state index in [2.05, 4.69) is 24.1 Å². The van der Waals surface area contributed by atoms with Crippen LogP contribution in [0.25, 0.3) is 0 Å². The van der Waals surface area contributed by atoms with Crippen LogP contribution in [0.2, 0.25) is 0 Å². The van der Waals surface area contributed by atoms with Gasteiger partial charge in [-0.2, -0.15) is 0 Å². The second-order valence-electron chi connectivity index (χ2n) is 6.16. The molecule has 0 fully saturated rings. The van der Waals surface area contributed by atoms with Crippen molar-refractivity contribution in [2.24, 2.45) is 11.7 Å². The minimum atomic E-state index is -0.195. The number of nitrogens with two attached hydrogens (primary N) is 1. The maximum absolute atomic E-state index is 12.2. The number of nitrogens with one attached hydrogen (secondary N) is 1. The summed E-state index contributed by atoms with van der Waals surface area (Å²) in [5, 5.41) is 5.38. The molecule has 1 heterocycles. The van der Waals surface area contributed by atoms with Crippen LogP contribution >= 0.6 is 23.7 Å². The number of hydrogen-bond acceptors (Lipinski definition) is 5. The van der Waals surface area contributed by atoms with E-state index in [1.165, 1.54) is 11.3 Å². The first-order valence-corrected chi connectivity index (χ1v) is 9.02. The fourth-order valence-electron chi connectivity index (χ4n) is 2.12. The summed E-state index contributed by atoms with van der Waals surface area (Å²) >= 11 is 1.40.